The maximum Gasteiger partial charge on any atom is 0.360 e. The number of amides is 1. The molecule has 1 heterocycles. The van der Waals surface area contributed by atoms with Crippen LogP contribution in [0.5, 0.6) is 5.75 Å². The van der Waals surface area contributed by atoms with E-state index in [2.05, 4.69) is 15.6 Å². The number of hydrogen-bond acceptors (Lipinski definition) is 9. The van der Waals surface area contributed by atoms with Gasteiger partial charge in [-0.3, -0.25) is 14.9 Å². The van der Waals surface area contributed by atoms with Gasteiger partial charge in [-0.1, -0.05) is 35.0 Å². The Morgan fingerprint density at radius 3 is 2.42 bits per heavy atom. The van der Waals surface area contributed by atoms with Crippen LogP contribution in [0.2, 0.25) is 0 Å². The number of hydrogen-bond donors (Lipinski definition) is 2. The van der Waals surface area contributed by atoms with Crippen molar-refractivity contribution in [2.75, 3.05) is 19.0 Å². The van der Waals surface area contributed by atoms with Gasteiger partial charge >= 0.3 is 5.97 Å². The molecule has 0 saturated heterocycles. The van der Waals surface area contributed by atoms with Gasteiger partial charge in [0, 0.05) is 17.3 Å². The van der Waals surface area contributed by atoms with Crippen molar-refractivity contribution in [2.24, 2.45) is 0 Å². The second kappa shape index (κ2) is 12.2. The second-order valence-electron chi connectivity index (χ2n) is 8.80. The standard InChI is InChI=1S/C28H27N5O7/c1-4-40-28(36)24-25(32(31-30-24)16-18-7-12-21(39-3)13-8-18)26(34)22-14-11-20(15-23(22)33(37)38)29-27(35)19-9-5-17(2)6-10-19/h5-15,26,34H,4,16H2,1-3H3,(H,29,35). The van der Waals surface area contributed by atoms with E-state index in [-0.39, 0.29) is 35.8 Å². The van der Waals surface area contributed by atoms with Gasteiger partial charge in [0.05, 0.1) is 30.7 Å². The van der Waals surface area contributed by atoms with E-state index in [0.717, 1.165) is 17.2 Å². The number of anilines is 1. The number of carbonyl (C=O) groups excluding carboxylic acids is 2. The summed E-state index contributed by atoms with van der Waals surface area (Å²) in [7, 11) is 1.54. The smallest absolute Gasteiger partial charge is 0.360 e. The molecular formula is C28H27N5O7. The molecule has 0 fully saturated rings. The van der Waals surface area contributed by atoms with Crippen molar-refractivity contribution in [3.63, 3.8) is 0 Å². The van der Waals surface area contributed by atoms with Crippen molar-refractivity contribution in [1.29, 1.82) is 0 Å². The molecule has 0 saturated carbocycles. The summed E-state index contributed by atoms with van der Waals surface area (Å²) in [5.74, 6) is -0.642. The van der Waals surface area contributed by atoms with Gasteiger partial charge in [0.1, 0.15) is 17.5 Å². The number of benzene rings is 3. The summed E-state index contributed by atoms with van der Waals surface area (Å²) >= 11 is 0. The molecule has 12 heteroatoms. The Balaban J connectivity index is 1.70. The second-order valence-corrected chi connectivity index (χ2v) is 8.80. The van der Waals surface area contributed by atoms with E-state index in [9.17, 15) is 24.8 Å². The quantitative estimate of drug-likeness (QED) is 0.170. The van der Waals surface area contributed by atoms with Crippen molar-refractivity contribution in [2.45, 2.75) is 26.5 Å². The third-order valence-corrected chi connectivity index (χ3v) is 6.09. The molecule has 206 valence electrons. The van der Waals surface area contributed by atoms with Crippen molar-refractivity contribution in [3.8, 4) is 5.75 Å². The first-order valence-corrected chi connectivity index (χ1v) is 12.3. The average molecular weight is 546 g/mol. The van der Waals surface area contributed by atoms with Crippen LogP contribution < -0.4 is 10.1 Å². The highest BCUT2D eigenvalue weighted by atomic mass is 16.6. The van der Waals surface area contributed by atoms with Crippen molar-refractivity contribution < 1.29 is 29.1 Å². The Morgan fingerprint density at radius 1 is 1.10 bits per heavy atom. The predicted octanol–water partition coefficient (Wildman–Crippen LogP) is 4.06. The first-order chi connectivity index (χ1) is 19.2. The fourth-order valence-electron chi connectivity index (χ4n) is 4.02. The molecule has 0 bridgehead atoms. The molecular weight excluding hydrogens is 518 g/mol. The maximum absolute atomic E-state index is 12.7. The number of ether oxygens (including phenoxy) is 2. The molecule has 4 rings (SSSR count). The zero-order valence-corrected chi connectivity index (χ0v) is 22.0. The van der Waals surface area contributed by atoms with Crippen LogP contribution in [0.1, 0.15) is 56.3 Å². The Bertz CT molecular complexity index is 1530. The van der Waals surface area contributed by atoms with Crippen molar-refractivity contribution in [1.82, 2.24) is 15.0 Å². The summed E-state index contributed by atoms with van der Waals surface area (Å²) in [6, 6.07) is 17.8. The number of nitrogens with zero attached hydrogens (tertiary/aromatic N) is 4. The van der Waals surface area contributed by atoms with Gasteiger partial charge in [-0.2, -0.15) is 0 Å². The molecule has 0 aliphatic heterocycles. The van der Waals surface area contributed by atoms with E-state index in [1.807, 2.05) is 6.92 Å². The summed E-state index contributed by atoms with van der Waals surface area (Å²) < 4.78 is 11.5. The first-order valence-electron chi connectivity index (χ1n) is 12.3. The van der Waals surface area contributed by atoms with Gasteiger partial charge in [0.15, 0.2) is 5.69 Å². The van der Waals surface area contributed by atoms with E-state index >= 15 is 0 Å². The fourth-order valence-corrected chi connectivity index (χ4v) is 4.02. The van der Waals surface area contributed by atoms with Crippen LogP contribution in [0, 0.1) is 17.0 Å². The number of rotatable bonds is 10. The first kappa shape index (κ1) is 27.9. The molecule has 0 aliphatic carbocycles. The molecule has 0 spiro atoms. The lowest BCUT2D eigenvalue weighted by Gasteiger charge is -2.16. The van der Waals surface area contributed by atoms with Crippen LogP contribution in [0.15, 0.2) is 66.7 Å². The number of esters is 1. The van der Waals surface area contributed by atoms with E-state index in [4.69, 9.17) is 9.47 Å². The Morgan fingerprint density at radius 2 is 1.80 bits per heavy atom. The van der Waals surface area contributed by atoms with Gasteiger partial charge in [0.25, 0.3) is 11.6 Å². The Kier molecular flexibility index (Phi) is 8.50. The van der Waals surface area contributed by atoms with E-state index in [1.165, 1.54) is 16.8 Å². The van der Waals surface area contributed by atoms with Crippen molar-refractivity contribution >= 4 is 23.3 Å². The third-order valence-electron chi connectivity index (χ3n) is 6.09. The molecule has 40 heavy (non-hydrogen) atoms. The minimum Gasteiger partial charge on any atom is -0.497 e. The monoisotopic (exact) mass is 545 g/mol. The molecule has 1 unspecified atom stereocenters. The lowest BCUT2D eigenvalue weighted by Crippen LogP contribution is -2.17. The lowest BCUT2D eigenvalue weighted by atomic mass is 10.0. The Labute approximate surface area is 229 Å². The molecule has 1 aromatic heterocycles. The van der Waals surface area contributed by atoms with Gasteiger partial charge in [-0.25, -0.2) is 9.48 Å². The summed E-state index contributed by atoms with van der Waals surface area (Å²) in [6.07, 6.45) is -1.67. The normalized spacial score (nSPS) is 11.5. The summed E-state index contributed by atoms with van der Waals surface area (Å²) in [5, 5.41) is 34.0. The van der Waals surface area contributed by atoms with Gasteiger partial charge in [0.2, 0.25) is 0 Å². The number of nitro benzene ring substituents is 1. The van der Waals surface area contributed by atoms with Crippen molar-refractivity contribution in [3.05, 3.63) is 110 Å². The van der Waals surface area contributed by atoms with E-state index in [1.54, 1.807) is 62.6 Å². The number of carbonyl (C=O) groups is 2. The largest absolute Gasteiger partial charge is 0.497 e. The minimum atomic E-state index is -1.67. The number of aromatic nitrogens is 3. The lowest BCUT2D eigenvalue weighted by molar-refractivity contribution is -0.386. The zero-order valence-electron chi connectivity index (χ0n) is 22.0. The highest BCUT2D eigenvalue weighted by Crippen LogP contribution is 2.34. The average Bonchev–Trinajstić information content (AvgIpc) is 3.37. The number of nitro groups is 1. The Hall–Kier alpha value is -5.10. The maximum atomic E-state index is 12.7. The fraction of sp³-hybridized carbons (Fsp3) is 0.214. The van der Waals surface area contributed by atoms with Gasteiger partial charge < -0.3 is 19.9 Å². The van der Waals surface area contributed by atoms with Crippen LogP contribution in [0.25, 0.3) is 0 Å². The number of methoxy groups -OCH3 is 1. The van der Waals surface area contributed by atoms with Crippen LogP contribution in [-0.2, 0) is 11.3 Å². The summed E-state index contributed by atoms with van der Waals surface area (Å²) in [4.78, 5) is 36.7. The molecule has 1 amide bonds. The summed E-state index contributed by atoms with van der Waals surface area (Å²) in [6.45, 7) is 3.65. The molecule has 0 radical (unpaired) electrons. The number of aryl methyl sites for hydroxylation is 1. The minimum absolute atomic E-state index is 0.0508. The number of aliphatic hydroxyl groups is 1. The van der Waals surface area contributed by atoms with Crippen LogP contribution in [0.4, 0.5) is 11.4 Å². The van der Waals surface area contributed by atoms with E-state index < -0.39 is 28.6 Å². The highest BCUT2D eigenvalue weighted by molar-refractivity contribution is 6.04. The molecule has 12 nitrogen and oxygen atoms in total. The zero-order chi connectivity index (χ0) is 28.8. The number of nitrogens with one attached hydrogen (secondary N) is 1. The SMILES string of the molecule is CCOC(=O)c1nnn(Cc2ccc(OC)cc2)c1C(O)c1ccc(NC(=O)c2ccc(C)cc2)cc1[N+](=O)[O-]. The van der Waals surface area contributed by atoms with Gasteiger partial charge in [-0.05, 0) is 55.8 Å². The van der Waals surface area contributed by atoms with Crippen LogP contribution >= 0.6 is 0 Å². The van der Waals surface area contributed by atoms with Gasteiger partial charge in [-0.15, -0.1) is 5.10 Å². The van der Waals surface area contributed by atoms with E-state index in [0.29, 0.717) is 11.3 Å². The molecule has 4 aromatic rings. The topological polar surface area (TPSA) is 159 Å². The molecule has 3 aromatic carbocycles. The highest BCUT2D eigenvalue weighted by Gasteiger charge is 2.32. The molecule has 2 N–H and O–H groups in total. The summed E-state index contributed by atoms with van der Waals surface area (Å²) in [5.41, 5.74) is 1.33. The molecule has 1 atom stereocenters. The predicted molar refractivity (Wildman–Crippen MR) is 144 cm³/mol. The molecule has 0 aliphatic rings. The van der Waals surface area contributed by atoms with Crippen LogP contribution in [-0.4, -0.2) is 50.6 Å². The number of aliphatic hydroxyl groups excluding tert-OH is 1. The van der Waals surface area contributed by atoms with Crippen LogP contribution in [0.3, 0.4) is 0 Å². The third kappa shape index (κ3) is 6.13.